The summed E-state index contributed by atoms with van der Waals surface area (Å²) in [6.45, 7) is 4.07. The Bertz CT molecular complexity index is 402. The smallest absolute Gasteiger partial charge is 0.144 e. The monoisotopic (exact) mass is 283 g/mol. The van der Waals surface area contributed by atoms with E-state index >= 15 is 0 Å². The molecule has 3 heteroatoms. The van der Waals surface area contributed by atoms with Crippen molar-refractivity contribution in [2.75, 3.05) is 13.1 Å². The van der Waals surface area contributed by atoms with Gasteiger partial charge in [0, 0.05) is 0 Å². The zero-order valence-corrected chi connectivity index (χ0v) is 12.3. The second kappa shape index (κ2) is 7.25. The van der Waals surface area contributed by atoms with Gasteiger partial charge in [-0.1, -0.05) is 56.3 Å². The van der Waals surface area contributed by atoms with Gasteiger partial charge < -0.3 is 5.32 Å². The lowest BCUT2D eigenvalue weighted by molar-refractivity contribution is 0.320. The first-order valence-corrected chi connectivity index (χ1v) is 7.73. The molecule has 0 heterocycles. The molecule has 1 nitrogen and oxygen atoms in total. The highest BCUT2D eigenvalue weighted by Crippen LogP contribution is 2.34. The van der Waals surface area contributed by atoms with Gasteiger partial charge in [0.05, 0.1) is 5.02 Å². The normalized spacial score (nSPS) is 17.8. The van der Waals surface area contributed by atoms with Crippen LogP contribution in [0.3, 0.4) is 0 Å². The summed E-state index contributed by atoms with van der Waals surface area (Å²) in [5.74, 6) is 1.02. The molecule has 1 atom stereocenters. The highest BCUT2D eigenvalue weighted by Gasteiger charge is 2.25. The predicted octanol–water partition coefficient (Wildman–Crippen LogP) is 4.44. The topological polar surface area (TPSA) is 12.0 Å². The van der Waals surface area contributed by atoms with E-state index in [0.29, 0.717) is 5.92 Å². The largest absolute Gasteiger partial charge is 0.317 e. The summed E-state index contributed by atoms with van der Waals surface area (Å²) >= 11 is 5.87. The summed E-state index contributed by atoms with van der Waals surface area (Å²) < 4.78 is 14.0. The Morgan fingerprint density at radius 2 is 2.11 bits per heavy atom. The summed E-state index contributed by atoms with van der Waals surface area (Å²) in [6.07, 6.45) is 6.02. The van der Waals surface area contributed by atoms with Crippen LogP contribution in [0.1, 0.15) is 38.2 Å². The van der Waals surface area contributed by atoms with E-state index in [9.17, 15) is 4.39 Å². The lowest BCUT2D eigenvalue weighted by Gasteiger charge is -2.24. The van der Waals surface area contributed by atoms with E-state index in [0.717, 1.165) is 31.0 Å². The van der Waals surface area contributed by atoms with Crippen molar-refractivity contribution in [1.82, 2.24) is 5.32 Å². The molecule has 1 aliphatic rings. The maximum atomic E-state index is 14.0. The van der Waals surface area contributed by atoms with Gasteiger partial charge >= 0.3 is 0 Å². The summed E-state index contributed by atoms with van der Waals surface area (Å²) in [5.41, 5.74) is 0.766. The van der Waals surface area contributed by atoms with Gasteiger partial charge in [-0.3, -0.25) is 0 Å². The molecule has 1 aromatic rings. The highest BCUT2D eigenvalue weighted by molar-refractivity contribution is 6.30. The van der Waals surface area contributed by atoms with E-state index in [4.69, 9.17) is 11.6 Å². The van der Waals surface area contributed by atoms with Crippen molar-refractivity contribution in [2.45, 2.75) is 39.0 Å². The van der Waals surface area contributed by atoms with Crippen molar-refractivity contribution in [3.05, 3.63) is 34.6 Å². The van der Waals surface area contributed by atoms with E-state index in [1.54, 1.807) is 6.07 Å². The van der Waals surface area contributed by atoms with Crippen molar-refractivity contribution >= 4 is 11.6 Å². The number of benzene rings is 1. The summed E-state index contributed by atoms with van der Waals surface area (Å²) in [4.78, 5) is 0. The van der Waals surface area contributed by atoms with Crippen LogP contribution >= 0.6 is 11.6 Å². The molecule has 0 spiro atoms. The lowest BCUT2D eigenvalue weighted by Crippen LogP contribution is -2.29. The van der Waals surface area contributed by atoms with Gasteiger partial charge in [0.25, 0.3) is 0 Å². The van der Waals surface area contributed by atoms with E-state index in [1.807, 2.05) is 12.1 Å². The molecule has 0 saturated heterocycles. The Morgan fingerprint density at radius 1 is 1.37 bits per heavy atom. The molecule has 1 N–H and O–H groups in total. The molecule has 19 heavy (non-hydrogen) atoms. The molecule has 0 amide bonds. The highest BCUT2D eigenvalue weighted by atomic mass is 35.5. The Kier molecular flexibility index (Phi) is 5.65. The number of rotatable bonds is 6. The maximum absolute atomic E-state index is 14.0. The zero-order valence-electron chi connectivity index (χ0n) is 11.6. The van der Waals surface area contributed by atoms with Crippen LogP contribution in [-0.4, -0.2) is 13.1 Å². The number of halogens is 2. The molecule has 0 radical (unpaired) electrons. The van der Waals surface area contributed by atoms with Gasteiger partial charge in [-0.15, -0.1) is 0 Å². The first kappa shape index (κ1) is 14.8. The molecule has 2 rings (SSSR count). The zero-order chi connectivity index (χ0) is 13.7. The van der Waals surface area contributed by atoms with Crippen molar-refractivity contribution in [2.24, 2.45) is 11.8 Å². The van der Waals surface area contributed by atoms with Crippen LogP contribution < -0.4 is 5.32 Å². The molecular formula is C16H23ClFN. The lowest BCUT2D eigenvalue weighted by atomic mass is 9.85. The Morgan fingerprint density at radius 3 is 2.79 bits per heavy atom. The third-order valence-corrected chi connectivity index (χ3v) is 4.53. The first-order chi connectivity index (χ1) is 9.22. The van der Waals surface area contributed by atoms with E-state index in [2.05, 4.69) is 12.2 Å². The second-order valence-electron chi connectivity index (χ2n) is 5.53. The predicted molar refractivity (Wildman–Crippen MR) is 79.1 cm³/mol. The van der Waals surface area contributed by atoms with Gasteiger partial charge in [-0.2, -0.15) is 0 Å². The number of nitrogens with one attached hydrogen (secondary N) is 1. The van der Waals surface area contributed by atoms with Crippen LogP contribution in [-0.2, 0) is 6.42 Å². The molecule has 0 bridgehead atoms. The molecule has 0 aromatic heterocycles. The standard InChI is InChI=1S/C16H23ClFN/c1-2-19-11-14(12-6-3-4-7-12)10-13-8-5-9-15(17)16(13)18/h5,8-9,12,14,19H,2-4,6-7,10-11H2,1H3. The van der Waals surface area contributed by atoms with Crippen molar-refractivity contribution in [3.8, 4) is 0 Å². The number of hydrogen-bond acceptors (Lipinski definition) is 1. The minimum atomic E-state index is -0.233. The fourth-order valence-electron chi connectivity index (χ4n) is 3.15. The van der Waals surface area contributed by atoms with Crippen molar-refractivity contribution in [3.63, 3.8) is 0 Å². The van der Waals surface area contributed by atoms with Gasteiger partial charge in [-0.25, -0.2) is 4.39 Å². The maximum Gasteiger partial charge on any atom is 0.144 e. The van der Waals surface area contributed by atoms with Gasteiger partial charge in [0.15, 0.2) is 0 Å². The molecule has 1 saturated carbocycles. The Balaban J connectivity index is 2.07. The summed E-state index contributed by atoms with van der Waals surface area (Å²) in [5, 5.41) is 3.67. The Hall–Kier alpha value is -0.600. The molecule has 1 aromatic carbocycles. The summed E-state index contributed by atoms with van der Waals surface area (Å²) in [7, 11) is 0. The molecule has 106 valence electrons. The quantitative estimate of drug-likeness (QED) is 0.814. The summed E-state index contributed by atoms with van der Waals surface area (Å²) in [6, 6.07) is 5.34. The average Bonchev–Trinajstić information content (AvgIpc) is 2.93. The van der Waals surface area contributed by atoms with Crippen LogP contribution in [0.25, 0.3) is 0 Å². The van der Waals surface area contributed by atoms with Crippen LogP contribution in [0.5, 0.6) is 0 Å². The third kappa shape index (κ3) is 3.93. The van der Waals surface area contributed by atoms with Crippen LogP contribution in [0.15, 0.2) is 18.2 Å². The molecule has 0 aliphatic heterocycles. The second-order valence-corrected chi connectivity index (χ2v) is 5.94. The van der Waals surface area contributed by atoms with E-state index < -0.39 is 0 Å². The fourth-order valence-corrected chi connectivity index (χ4v) is 3.35. The number of hydrogen-bond donors (Lipinski definition) is 1. The molecule has 1 fully saturated rings. The average molecular weight is 284 g/mol. The van der Waals surface area contributed by atoms with Crippen LogP contribution in [0.4, 0.5) is 4.39 Å². The minimum Gasteiger partial charge on any atom is -0.317 e. The molecule has 1 unspecified atom stereocenters. The first-order valence-electron chi connectivity index (χ1n) is 7.36. The van der Waals surface area contributed by atoms with E-state index in [-0.39, 0.29) is 10.8 Å². The van der Waals surface area contributed by atoms with Gasteiger partial charge in [0.2, 0.25) is 0 Å². The Labute approximate surface area is 120 Å². The van der Waals surface area contributed by atoms with Crippen molar-refractivity contribution < 1.29 is 4.39 Å². The van der Waals surface area contributed by atoms with E-state index in [1.165, 1.54) is 25.7 Å². The van der Waals surface area contributed by atoms with Crippen LogP contribution in [0.2, 0.25) is 5.02 Å². The van der Waals surface area contributed by atoms with Crippen LogP contribution in [0, 0.1) is 17.7 Å². The van der Waals surface area contributed by atoms with Gasteiger partial charge in [-0.05, 0) is 43.0 Å². The molecule has 1 aliphatic carbocycles. The molecular weight excluding hydrogens is 261 g/mol. The van der Waals surface area contributed by atoms with Gasteiger partial charge in [0.1, 0.15) is 5.82 Å². The SMILES string of the molecule is CCNCC(Cc1cccc(Cl)c1F)C1CCCC1. The minimum absolute atomic E-state index is 0.233. The fraction of sp³-hybridized carbons (Fsp3) is 0.625. The third-order valence-electron chi connectivity index (χ3n) is 4.24. The van der Waals surface area contributed by atoms with Crippen molar-refractivity contribution in [1.29, 1.82) is 0 Å².